The highest BCUT2D eigenvalue weighted by atomic mass is 19.2. The second kappa shape index (κ2) is 5.79. The molecule has 100 valence electrons. The van der Waals surface area contributed by atoms with Gasteiger partial charge in [-0.1, -0.05) is 26.0 Å². The summed E-state index contributed by atoms with van der Waals surface area (Å²) in [5, 5.41) is 3.35. The van der Waals surface area contributed by atoms with Crippen molar-refractivity contribution in [1.82, 2.24) is 5.32 Å². The molecular formula is C15H21F2N. The largest absolute Gasteiger partial charge is 0.310 e. The second-order valence-electron chi connectivity index (χ2n) is 5.56. The SMILES string of the molecule is CC1CCC(NCc2cccc(F)c2F)CC1C. The molecule has 0 spiro atoms. The van der Waals surface area contributed by atoms with E-state index in [1.54, 1.807) is 12.1 Å². The van der Waals surface area contributed by atoms with Gasteiger partial charge in [-0.2, -0.15) is 0 Å². The summed E-state index contributed by atoms with van der Waals surface area (Å²) in [7, 11) is 0. The minimum Gasteiger partial charge on any atom is -0.310 e. The fourth-order valence-electron chi connectivity index (χ4n) is 2.67. The van der Waals surface area contributed by atoms with Crippen molar-refractivity contribution in [1.29, 1.82) is 0 Å². The Balaban J connectivity index is 1.90. The third-order valence-electron chi connectivity index (χ3n) is 4.21. The van der Waals surface area contributed by atoms with Crippen molar-refractivity contribution in [2.75, 3.05) is 0 Å². The summed E-state index contributed by atoms with van der Waals surface area (Å²) in [6.07, 6.45) is 3.46. The van der Waals surface area contributed by atoms with Crippen LogP contribution in [-0.2, 0) is 6.54 Å². The van der Waals surface area contributed by atoms with Gasteiger partial charge in [0.15, 0.2) is 11.6 Å². The van der Waals surface area contributed by atoms with Crippen LogP contribution in [0.3, 0.4) is 0 Å². The Hall–Kier alpha value is -0.960. The van der Waals surface area contributed by atoms with Crippen molar-refractivity contribution in [3.8, 4) is 0 Å². The zero-order valence-corrected chi connectivity index (χ0v) is 11.0. The molecule has 0 saturated heterocycles. The van der Waals surface area contributed by atoms with E-state index in [0.29, 0.717) is 24.1 Å². The van der Waals surface area contributed by atoms with Gasteiger partial charge in [-0.25, -0.2) is 8.78 Å². The van der Waals surface area contributed by atoms with Gasteiger partial charge in [0.2, 0.25) is 0 Å². The molecule has 0 heterocycles. The first-order chi connectivity index (χ1) is 8.58. The summed E-state index contributed by atoms with van der Waals surface area (Å²) in [6, 6.07) is 4.78. The number of benzene rings is 1. The smallest absolute Gasteiger partial charge is 0.163 e. The highest BCUT2D eigenvalue weighted by molar-refractivity contribution is 5.18. The normalized spacial score (nSPS) is 28.3. The molecule has 1 aromatic rings. The van der Waals surface area contributed by atoms with E-state index in [0.717, 1.165) is 24.8 Å². The third kappa shape index (κ3) is 3.08. The molecule has 1 aromatic carbocycles. The minimum absolute atomic E-state index is 0.412. The summed E-state index contributed by atoms with van der Waals surface area (Å²) >= 11 is 0. The predicted molar refractivity (Wildman–Crippen MR) is 69.2 cm³/mol. The molecular weight excluding hydrogens is 232 g/mol. The van der Waals surface area contributed by atoms with Crippen LogP contribution in [0.25, 0.3) is 0 Å². The summed E-state index contributed by atoms with van der Waals surface area (Å²) in [6.45, 7) is 4.96. The van der Waals surface area contributed by atoms with Crippen molar-refractivity contribution in [2.45, 2.75) is 45.7 Å². The lowest BCUT2D eigenvalue weighted by Crippen LogP contribution is -2.36. The van der Waals surface area contributed by atoms with Gasteiger partial charge in [-0.15, -0.1) is 0 Å². The van der Waals surface area contributed by atoms with Crippen molar-refractivity contribution >= 4 is 0 Å². The van der Waals surface area contributed by atoms with Gasteiger partial charge >= 0.3 is 0 Å². The Bertz CT molecular complexity index is 405. The highest BCUT2D eigenvalue weighted by Crippen LogP contribution is 2.29. The number of hydrogen-bond acceptors (Lipinski definition) is 1. The highest BCUT2D eigenvalue weighted by Gasteiger charge is 2.24. The lowest BCUT2D eigenvalue weighted by Gasteiger charge is -2.32. The Kier molecular flexibility index (Phi) is 4.33. The lowest BCUT2D eigenvalue weighted by molar-refractivity contribution is 0.225. The van der Waals surface area contributed by atoms with E-state index in [1.165, 1.54) is 6.42 Å². The van der Waals surface area contributed by atoms with E-state index >= 15 is 0 Å². The zero-order chi connectivity index (χ0) is 13.1. The maximum absolute atomic E-state index is 13.5. The Morgan fingerprint density at radius 3 is 2.67 bits per heavy atom. The van der Waals surface area contributed by atoms with Gasteiger partial charge < -0.3 is 5.32 Å². The van der Waals surface area contributed by atoms with Gasteiger partial charge in [0.1, 0.15) is 0 Å². The van der Waals surface area contributed by atoms with Crippen LogP contribution < -0.4 is 5.32 Å². The molecule has 18 heavy (non-hydrogen) atoms. The average Bonchev–Trinajstić information content (AvgIpc) is 2.35. The maximum atomic E-state index is 13.5. The third-order valence-corrected chi connectivity index (χ3v) is 4.21. The van der Waals surface area contributed by atoms with E-state index in [-0.39, 0.29) is 0 Å². The van der Waals surface area contributed by atoms with Gasteiger partial charge in [0.05, 0.1) is 0 Å². The monoisotopic (exact) mass is 253 g/mol. The van der Waals surface area contributed by atoms with E-state index < -0.39 is 11.6 Å². The minimum atomic E-state index is -0.764. The predicted octanol–water partition coefficient (Wildman–Crippen LogP) is 3.88. The number of halogens is 2. The van der Waals surface area contributed by atoms with Crippen LogP contribution in [0.1, 0.15) is 38.7 Å². The van der Waals surface area contributed by atoms with Crippen LogP contribution in [0.4, 0.5) is 8.78 Å². The summed E-state index contributed by atoms with van der Waals surface area (Å²) in [5.74, 6) is -0.00952. The van der Waals surface area contributed by atoms with Crippen molar-refractivity contribution < 1.29 is 8.78 Å². The molecule has 0 aromatic heterocycles. The van der Waals surface area contributed by atoms with Crippen LogP contribution in [0, 0.1) is 23.5 Å². The van der Waals surface area contributed by atoms with E-state index in [2.05, 4.69) is 19.2 Å². The molecule has 3 heteroatoms. The molecule has 1 nitrogen and oxygen atoms in total. The fraction of sp³-hybridized carbons (Fsp3) is 0.600. The summed E-state index contributed by atoms with van der Waals surface area (Å²) < 4.78 is 26.5. The van der Waals surface area contributed by atoms with Crippen LogP contribution in [-0.4, -0.2) is 6.04 Å². The molecule has 1 aliphatic rings. The van der Waals surface area contributed by atoms with Gasteiger partial charge in [-0.05, 0) is 37.2 Å². The molecule has 1 saturated carbocycles. The quantitative estimate of drug-likeness (QED) is 0.862. The number of hydrogen-bond donors (Lipinski definition) is 1. The molecule has 0 aliphatic heterocycles. The van der Waals surface area contributed by atoms with E-state index in [4.69, 9.17) is 0 Å². The van der Waals surface area contributed by atoms with E-state index in [1.807, 2.05) is 0 Å². The molecule has 1 N–H and O–H groups in total. The molecule has 0 bridgehead atoms. The van der Waals surface area contributed by atoms with Crippen LogP contribution >= 0.6 is 0 Å². The average molecular weight is 253 g/mol. The van der Waals surface area contributed by atoms with Crippen molar-refractivity contribution in [2.24, 2.45) is 11.8 Å². The topological polar surface area (TPSA) is 12.0 Å². The maximum Gasteiger partial charge on any atom is 0.163 e. The second-order valence-corrected chi connectivity index (χ2v) is 5.56. The first kappa shape index (κ1) is 13.5. The van der Waals surface area contributed by atoms with Gasteiger partial charge in [0, 0.05) is 18.2 Å². The number of nitrogens with one attached hydrogen (secondary N) is 1. The Labute approximate surface area is 108 Å². The summed E-state index contributed by atoms with van der Waals surface area (Å²) in [5.41, 5.74) is 0.418. The Morgan fingerprint density at radius 1 is 1.17 bits per heavy atom. The Morgan fingerprint density at radius 2 is 1.94 bits per heavy atom. The zero-order valence-electron chi connectivity index (χ0n) is 11.0. The van der Waals surface area contributed by atoms with Gasteiger partial charge in [0.25, 0.3) is 0 Å². The van der Waals surface area contributed by atoms with Crippen molar-refractivity contribution in [3.63, 3.8) is 0 Å². The number of rotatable bonds is 3. The molecule has 3 atom stereocenters. The molecule has 1 aliphatic carbocycles. The molecule has 0 amide bonds. The van der Waals surface area contributed by atoms with E-state index in [9.17, 15) is 8.78 Å². The fourth-order valence-corrected chi connectivity index (χ4v) is 2.67. The van der Waals surface area contributed by atoms with Crippen molar-refractivity contribution in [3.05, 3.63) is 35.4 Å². The molecule has 1 fully saturated rings. The molecule has 2 rings (SSSR count). The molecule has 0 radical (unpaired) electrons. The summed E-state index contributed by atoms with van der Waals surface area (Å²) in [4.78, 5) is 0. The van der Waals surface area contributed by atoms with Crippen LogP contribution in [0.2, 0.25) is 0 Å². The van der Waals surface area contributed by atoms with Gasteiger partial charge in [-0.3, -0.25) is 0 Å². The lowest BCUT2D eigenvalue weighted by atomic mass is 9.79. The molecule has 3 unspecified atom stereocenters. The first-order valence-electron chi connectivity index (χ1n) is 6.74. The first-order valence-corrected chi connectivity index (χ1v) is 6.74. The van der Waals surface area contributed by atoms with Crippen LogP contribution in [0.5, 0.6) is 0 Å². The van der Waals surface area contributed by atoms with Crippen LogP contribution in [0.15, 0.2) is 18.2 Å². The standard InChI is InChI=1S/C15H21F2N/c1-10-6-7-13(8-11(10)2)18-9-12-4-3-5-14(16)15(12)17/h3-5,10-11,13,18H,6-9H2,1-2H3.